The monoisotopic (exact) mass is 384 g/mol. The lowest BCUT2D eigenvalue weighted by molar-refractivity contribution is -0.123. The van der Waals surface area contributed by atoms with Crippen LogP contribution in [-0.2, 0) is 16.8 Å². The largest absolute Gasteiger partial charge is 0.497 e. The predicted octanol–water partition coefficient (Wildman–Crippen LogP) is 4.21. The molecule has 1 amide bonds. The van der Waals surface area contributed by atoms with Crippen LogP contribution in [0.15, 0.2) is 78.9 Å². The summed E-state index contributed by atoms with van der Waals surface area (Å²) >= 11 is 0. The number of rotatable bonds is 4. The Labute approximate surface area is 171 Å². The summed E-state index contributed by atoms with van der Waals surface area (Å²) in [5.41, 5.74) is 3.85. The summed E-state index contributed by atoms with van der Waals surface area (Å²) in [4.78, 5) is 15.9. The Morgan fingerprint density at radius 1 is 1.00 bits per heavy atom. The maximum absolute atomic E-state index is 14.0. The second-order valence-corrected chi connectivity index (χ2v) is 7.78. The number of fused-ring (bicyclic) bond motifs is 2. The Bertz CT molecular complexity index is 1030. The number of amides is 1. The van der Waals surface area contributed by atoms with E-state index >= 15 is 0 Å². The van der Waals surface area contributed by atoms with Crippen LogP contribution in [0.5, 0.6) is 5.75 Å². The third-order valence-electron chi connectivity index (χ3n) is 6.30. The second-order valence-electron chi connectivity index (χ2n) is 7.78. The van der Waals surface area contributed by atoms with Gasteiger partial charge in [0.25, 0.3) is 0 Å². The standard InChI is InChI=1S/C25H24N2O2/c1-29-20-13-11-19(12-14-20)23-25(15-16-26-23)21-9-5-6-10-22(21)27(24(25)28)17-18-7-3-2-4-8-18/h2-14,23,26H,15-17H2,1H3/t23-,25?/m1/s1. The quantitative estimate of drug-likeness (QED) is 0.732. The van der Waals surface area contributed by atoms with Gasteiger partial charge < -0.3 is 15.0 Å². The van der Waals surface area contributed by atoms with E-state index in [0.717, 1.165) is 41.1 Å². The number of anilines is 1. The Morgan fingerprint density at radius 2 is 1.72 bits per heavy atom. The maximum Gasteiger partial charge on any atom is 0.240 e. The number of carbonyl (C=O) groups is 1. The molecule has 3 aromatic rings. The van der Waals surface area contributed by atoms with Crippen LogP contribution >= 0.6 is 0 Å². The van der Waals surface area contributed by atoms with Crippen LogP contribution in [0, 0.1) is 0 Å². The van der Waals surface area contributed by atoms with E-state index < -0.39 is 5.41 Å². The van der Waals surface area contributed by atoms with Crippen LogP contribution in [0.2, 0.25) is 0 Å². The lowest BCUT2D eigenvalue weighted by Gasteiger charge is -2.31. The molecule has 2 atom stereocenters. The van der Waals surface area contributed by atoms with Crippen molar-refractivity contribution in [1.82, 2.24) is 5.32 Å². The van der Waals surface area contributed by atoms with Crippen molar-refractivity contribution in [2.75, 3.05) is 18.6 Å². The molecule has 2 aliphatic heterocycles. The zero-order chi connectivity index (χ0) is 19.8. The van der Waals surface area contributed by atoms with Gasteiger partial charge in [0.2, 0.25) is 5.91 Å². The van der Waals surface area contributed by atoms with E-state index in [4.69, 9.17) is 4.74 Å². The van der Waals surface area contributed by atoms with Gasteiger partial charge in [0.15, 0.2) is 0 Å². The molecule has 4 heteroatoms. The van der Waals surface area contributed by atoms with E-state index in [0.29, 0.717) is 6.54 Å². The van der Waals surface area contributed by atoms with Crippen LogP contribution < -0.4 is 15.0 Å². The minimum absolute atomic E-state index is 0.0529. The molecule has 4 nitrogen and oxygen atoms in total. The highest BCUT2D eigenvalue weighted by molar-refractivity contribution is 6.09. The Morgan fingerprint density at radius 3 is 2.48 bits per heavy atom. The molecule has 3 aromatic carbocycles. The second kappa shape index (κ2) is 7.05. The fourth-order valence-corrected chi connectivity index (χ4v) is 4.93. The minimum Gasteiger partial charge on any atom is -0.497 e. The number of para-hydroxylation sites is 1. The van der Waals surface area contributed by atoms with Gasteiger partial charge in [0.1, 0.15) is 5.75 Å². The average Bonchev–Trinajstić information content (AvgIpc) is 3.32. The minimum atomic E-state index is -0.569. The highest BCUT2D eigenvalue weighted by atomic mass is 16.5. The summed E-state index contributed by atoms with van der Waals surface area (Å²) in [6, 6.07) is 26.5. The van der Waals surface area contributed by atoms with E-state index in [9.17, 15) is 4.79 Å². The SMILES string of the molecule is COc1ccc([C@H]2NCCC23C(=O)N(Cc2ccccc2)c2ccccc23)cc1. The van der Waals surface area contributed by atoms with Crippen molar-refractivity contribution in [2.45, 2.75) is 24.4 Å². The van der Waals surface area contributed by atoms with Gasteiger partial charge in [-0.05, 0) is 47.9 Å². The van der Waals surface area contributed by atoms with Crippen LogP contribution in [0.3, 0.4) is 0 Å². The van der Waals surface area contributed by atoms with E-state index in [2.05, 4.69) is 41.7 Å². The fraction of sp³-hybridized carbons (Fsp3) is 0.240. The van der Waals surface area contributed by atoms with Crippen molar-refractivity contribution >= 4 is 11.6 Å². The van der Waals surface area contributed by atoms with E-state index in [-0.39, 0.29) is 11.9 Å². The number of nitrogens with zero attached hydrogens (tertiary/aromatic N) is 1. The lowest BCUT2D eigenvalue weighted by atomic mass is 9.73. The van der Waals surface area contributed by atoms with Crippen molar-refractivity contribution in [3.63, 3.8) is 0 Å². The first kappa shape index (κ1) is 18.0. The van der Waals surface area contributed by atoms with Crippen molar-refractivity contribution in [2.24, 2.45) is 0 Å². The molecule has 29 heavy (non-hydrogen) atoms. The molecule has 2 aliphatic rings. The number of ether oxygens (including phenoxy) is 1. The molecule has 1 fully saturated rings. The van der Waals surface area contributed by atoms with E-state index in [1.807, 2.05) is 47.4 Å². The van der Waals surface area contributed by atoms with Crippen LogP contribution in [0.25, 0.3) is 0 Å². The number of benzene rings is 3. The number of methoxy groups -OCH3 is 1. The average molecular weight is 384 g/mol. The van der Waals surface area contributed by atoms with Gasteiger partial charge in [0.05, 0.1) is 25.1 Å². The van der Waals surface area contributed by atoms with Crippen molar-refractivity contribution in [3.05, 3.63) is 95.6 Å². The molecule has 1 unspecified atom stereocenters. The molecule has 0 radical (unpaired) electrons. The van der Waals surface area contributed by atoms with Crippen molar-refractivity contribution in [1.29, 1.82) is 0 Å². The lowest BCUT2D eigenvalue weighted by Crippen LogP contribution is -2.43. The van der Waals surface area contributed by atoms with Crippen LogP contribution in [-0.4, -0.2) is 19.6 Å². The first-order valence-corrected chi connectivity index (χ1v) is 10.1. The summed E-state index contributed by atoms with van der Waals surface area (Å²) in [5, 5.41) is 3.61. The van der Waals surface area contributed by atoms with Gasteiger partial charge in [0, 0.05) is 5.69 Å². The number of nitrogens with one attached hydrogen (secondary N) is 1. The molecular formula is C25H24N2O2. The smallest absolute Gasteiger partial charge is 0.240 e. The Hall–Kier alpha value is -3.11. The third-order valence-corrected chi connectivity index (χ3v) is 6.30. The van der Waals surface area contributed by atoms with E-state index in [1.54, 1.807) is 7.11 Å². The zero-order valence-corrected chi connectivity index (χ0v) is 16.5. The van der Waals surface area contributed by atoms with E-state index in [1.165, 1.54) is 0 Å². The maximum atomic E-state index is 14.0. The van der Waals surface area contributed by atoms with Gasteiger partial charge in [-0.1, -0.05) is 60.7 Å². The van der Waals surface area contributed by atoms with Gasteiger partial charge in [-0.15, -0.1) is 0 Å². The van der Waals surface area contributed by atoms with Gasteiger partial charge in [-0.2, -0.15) is 0 Å². The molecular weight excluding hydrogens is 360 g/mol. The van der Waals surface area contributed by atoms with Crippen LogP contribution in [0.4, 0.5) is 5.69 Å². The molecule has 0 aromatic heterocycles. The van der Waals surface area contributed by atoms with Gasteiger partial charge in [-0.3, -0.25) is 4.79 Å². The summed E-state index contributed by atoms with van der Waals surface area (Å²) in [6.45, 7) is 1.41. The first-order valence-electron chi connectivity index (χ1n) is 10.1. The molecule has 1 spiro atoms. The topological polar surface area (TPSA) is 41.6 Å². The molecule has 1 saturated heterocycles. The molecule has 0 saturated carbocycles. The summed E-state index contributed by atoms with van der Waals surface area (Å²) < 4.78 is 5.31. The fourth-order valence-electron chi connectivity index (χ4n) is 4.93. The number of hydrogen-bond donors (Lipinski definition) is 1. The Balaban J connectivity index is 1.59. The van der Waals surface area contributed by atoms with Gasteiger partial charge in [-0.25, -0.2) is 0 Å². The molecule has 5 rings (SSSR count). The number of carbonyl (C=O) groups excluding carboxylic acids is 1. The normalized spacial score (nSPS) is 22.9. The molecule has 0 bridgehead atoms. The molecule has 2 heterocycles. The molecule has 1 N–H and O–H groups in total. The Kier molecular flexibility index (Phi) is 4.36. The summed E-state index contributed by atoms with van der Waals surface area (Å²) in [6.07, 6.45) is 0.796. The third kappa shape index (κ3) is 2.75. The summed E-state index contributed by atoms with van der Waals surface area (Å²) in [5.74, 6) is 1.01. The van der Waals surface area contributed by atoms with Crippen LogP contribution in [0.1, 0.15) is 29.2 Å². The molecule has 146 valence electrons. The highest BCUT2D eigenvalue weighted by Crippen LogP contribution is 2.53. The summed E-state index contributed by atoms with van der Waals surface area (Å²) in [7, 11) is 1.67. The van der Waals surface area contributed by atoms with Crippen molar-refractivity contribution in [3.8, 4) is 5.75 Å². The first-order chi connectivity index (χ1) is 14.2. The predicted molar refractivity (Wildman–Crippen MR) is 114 cm³/mol. The molecule has 0 aliphatic carbocycles. The van der Waals surface area contributed by atoms with Gasteiger partial charge >= 0.3 is 0 Å². The number of hydrogen-bond acceptors (Lipinski definition) is 3. The van der Waals surface area contributed by atoms with Crippen molar-refractivity contribution < 1.29 is 9.53 Å². The zero-order valence-electron chi connectivity index (χ0n) is 16.5. The highest BCUT2D eigenvalue weighted by Gasteiger charge is 2.57.